The third-order valence-corrected chi connectivity index (χ3v) is 5.35. The average molecular weight is 250 g/mol. The molecule has 2 amide bonds. The molecule has 18 heavy (non-hydrogen) atoms. The van der Waals surface area contributed by atoms with E-state index in [0.717, 1.165) is 37.4 Å². The summed E-state index contributed by atoms with van der Waals surface area (Å²) in [6.07, 6.45) is 9.35. The molecule has 102 valence electrons. The second kappa shape index (κ2) is 5.10. The van der Waals surface area contributed by atoms with E-state index in [1.807, 2.05) is 11.9 Å². The van der Waals surface area contributed by atoms with Crippen LogP contribution in [0.15, 0.2) is 0 Å². The Hall–Kier alpha value is -0.730. The first kappa shape index (κ1) is 12.3. The first-order valence-electron chi connectivity index (χ1n) is 7.74. The number of carbonyl (C=O) groups is 1. The van der Waals surface area contributed by atoms with E-state index in [1.54, 1.807) is 0 Å². The predicted octanol–water partition coefficient (Wildman–Crippen LogP) is 2.96. The van der Waals surface area contributed by atoms with E-state index in [9.17, 15) is 4.79 Å². The van der Waals surface area contributed by atoms with Crippen LogP contribution in [0.4, 0.5) is 4.79 Å². The molecule has 0 N–H and O–H groups in total. The van der Waals surface area contributed by atoms with Crippen LogP contribution in [0.2, 0.25) is 0 Å². The van der Waals surface area contributed by atoms with E-state index < -0.39 is 0 Å². The Morgan fingerprint density at radius 3 is 2.56 bits per heavy atom. The minimum atomic E-state index is 0.275. The van der Waals surface area contributed by atoms with Crippen molar-refractivity contribution in [3.05, 3.63) is 0 Å². The van der Waals surface area contributed by atoms with Crippen molar-refractivity contribution < 1.29 is 4.79 Å². The van der Waals surface area contributed by atoms with Crippen molar-refractivity contribution in [1.82, 2.24) is 9.80 Å². The number of fused-ring (bicyclic) bond motifs is 2. The molecule has 1 heterocycles. The molecule has 3 heteroatoms. The fraction of sp³-hybridized carbons (Fsp3) is 0.933. The molecule has 2 aliphatic carbocycles. The third kappa shape index (κ3) is 2.36. The smallest absolute Gasteiger partial charge is 0.319 e. The lowest BCUT2D eigenvalue weighted by Crippen LogP contribution is -2.45. The fourth-order valence-electron chi connectivity index (χ4n) is 4.36. The first-order valence-corrected chi connectivity index (χ1v) is 7.74. The minimum Gasteiger partial charge on any atom is -0.327 e. The van der Waals surface area contributed by atoms with Crippen LogP contribution in [0, 0.1) is 17.8 Å². The standard InChI is InChI=1S/C15H26N2O/c1-16(15(18)17-7-3-2-4-8-17)11-14-10-12-5-6-13(14)9-12/h12-14H,2-11H2,1H3. The summed E-state index contributed by atoms with van der Waals surface area (Å²) in [5, 5.41) is 0. The molecule has 3 nitrogen and oxygen atoms in total. The van der Waals surface area contributed by atoms with E-state index in [1.165, 1.54) is 44.9 Å². The lowest BCUT2D eigenvalue weighted by atomic mass is 9.88. The quantitative estimate of drug-likeness (QED) is 0.739. The zero-order chi connectivity index (χ0) is 12.5. The van der Waals surface area contributed by atoms with Gasteiger partial charge in [0.15, 0.2) is 0 Å². The Labute approximate surface area is 111 Å². The maximum absolute atomic E-state index is 12.3. The van der Waals surface area contributed by atoms with Gasteiger partial charge in [0.2, 0.25) is 0 Å². The van der Waals surface area contributed by atoms with E-state index in [0.29, 0.717) is 0 Å². The first-order chi connectivity index (χ1) is 8.74. The summed E-state index contributed by atoms with van der Waals surface area (Å²) in [5.41, 5.74) is 0. The van der Waals surface area contributed by atoms with Crippen LogP contribution in [-0.2, 0) is 0 Å². The zero-order valence-electron chi connectivity index (χ0n) is 11.6. The number of likely N-dealkylation sites (tertiary alicyclic amines) is 1. The highest BCUT2D eigenvalue weighted by molar-refractivity contribution is 5.74. The van der Waals surface area contributed by atoms with Crippen molar-refractivity contribution in [3.8, 4) is 0 Å². The highest BCUT2D eigenvalue weighted by Gasteiger charge is 2.40. The van der Waals surface area contributed by atoms with Crippen LogP contribution in [0.3, 0.4) is 0 Å². The fourth-order valence-corrected chi connectivity index (χ4v) is 4.36. The molecule has 3 atom stereocenters. The maximum atomic E-state index is 12.3. The largest absolute Gasteiger partial charge is 0.327 e. The summed E-state index contributed by atoms with van der Waals surface area (Å²) in [6, 6.07) is 0.275. The van der Waals surface area contributed by atoms with Crippen LogP contribution in [-0.4, -0.2) is 42.5 Å². The van der Waals surface area contributed by atoms with Gasteiger partial charge < -0.3 is 9.80 Å². The van der Waals surface area contributed by atoms with E-state index >= 15 is 0 Å². The van der Waals surface area contributed by atoms with Gasteiger partial charge in [0, 0.05) is 26.7 Å². The van der Waals surface area contributed by atoms with Gasteiger partial charge in [-0.05, 0) is 56.3 Å². The lowest BCUT2D eigenvalue weighted by Gasteiger charge is -2.33. The molecular formula is C15H26N2O. The van der Waals surface area contributed by atoms with Gasteiger partial charge in [-0.25, -0.2) is 4.79 Å². The molecule has 3 unspecified atom stereocenters. The molecule has 0 spiro atoms. The van der Waals surface area contributed by atoms with Gasteiger partial charge in [-0.15, -0.1) is 0 Å². The number of hydrogen-bond donors (Lipinski definition) is 0. The highest BCUT2D eigenvalue weighted by Crippen LogP contribution is 2.48. The molecule has 3 rings (SSSR count). The van der Waals surface area contributed by atoms with Crippen LogP contribution >= 0.6 is 0 Å². The molecule has 0 aromatic heterocycles. The Morgan fingerprint density at radius 1 is 1.17 bits per heavy atom. The second-order valence-corrected chi connectivity index (χ2v) is 6.65. The van der Waals surface area contributed by atoms with Crippen molar-refractivity contribution in [3.63, 3.8) is 0 Å². The third-order valence-electron chi connectivity index (χ3n) is 5.35. The predicted molar refractivity (Wildman–Crippen MR) is 72.4 cm³/mol. The van der Waals surface area contributed by atoms with E-state index in [2.05, 4.69) is 4.90 Å². The van der Waals surface area contributed by atoms with Crippen molar-refractivity contribution in [2.45, 2.75) is 44.9 Å². The number of amides is 2. The molecule has 0 aromatic carbocycles. The average Bonchev–Trinajstić information content (AvgIpc) is 3.01. The zero-order valence-corrected chi connectivity index (χ0v) is 11.6. The molecule has 0 aromatic rings. The number of piperidine rings is 1. The van der Waals surface area contributed by atoms with Gasteiger partial charge in [0.25, 0.3) is 0 Å². The molecule has 3 aliphatic rings. The van der Waals surface area contributed by atoms with Crippen LogP contribution in [0.1, 0.15) is 44.9 Å². The number of carbonyl (C=O) groups excluding carboxylic acids is 1. The summed E-state index contributed by atoms with van der Waals surface area (Å²) in [6.45, 7) is 2.94. The molecular weight excluding hydrogens is 224 g/mol. The minimum absolute atomic E-state index is 0.275. The second-order valence-electron chi connectivity index (χ2n) is 6.65. The monoisotopic (exact) mass is 250 g/mol. The molecule has 3 fully saturated rings. The van der Waals surface area contributed by atoms with E-state index in [4.69, 9.17) is 0 Å². The number of rotatable bonds is 2. The summed E-state index contributed by atoms with van der Waals surface area (Å²) < 4.78 is 0. The van der Waals surface area contributed by atoms with Gasteiger partial charge in [0.1, 0.15) is 0 Å². The maximum Gasteiger partial charge on any atom is 0.319 e. The molecule has 2 saturated carbocycles. The van der Waals surface area contributed by atoms with Gasteiger partial charge in [-0.3, -0.25) is 0 Å². The Balaban J connectivity index is 1.51. The molecule has 2 bridgehead atoms. The number of nitrogens with zero attached hydrogens (tertiary/aromatic N) is 2. The van der Waals surface area contributed by atoms with Gasteiger partial charge in [-0.1, -0.05) is 6.42 Å². The molecule has 0 radical (unpaired) electrons. The van der Waals surface area contributed by atoms with Crippen LogP contribution < -0.4 is 0 Å². The Morgan fingerprint density at radius 2 is 1.94 bits per heavy atom. The van der Waals surface area contributed by atoms with Gasteiger partial charge in [0.05, 0.1) is 0 Å². The molecule has 1 saturated heterocycles. The molecule has 1 aliphatic heterocycles. The summed E-state index contributed by atoms with van der Waals surface area (Å²) >= 11 is 0. The Kier molecular flexibility index (Phi) is 3.49. The summed E-state index contributed by atoms with van der Waals surface area (Å²) in [5.74, 6) is 2.70. The highest BCUT2D eigenvalue weighted by atomic mass is 16.2. The van der Waals surface area contributed by atoms with Crippen molar-refractivity contribution in [1.29, 1.82) is 0 Å². The van der Waals surface area contributed by atoms with Gasteiger partial charge >= 0.3 is 6.03 Å². The van der Waals surface area contributed by atoms with Crippen molar-refractivity contribution >= 4 is 6.03 Å². The van der Waals surface area contributed by atoms with Crippen LogP contribution in [0.25, 0.3) is 0 Å². The lowest BCUT2D eigenvalue weighted by molar-refractivity contribution is 0.140. The van der Waals surface area contributed by atoms with Crippen LogP contribution in [0.5, 0.6) is 0 Å². The van der Waals surface area contributed by atoms with Crippen molar-refractivity contribution in [2.75, 3.05) is 26.7 Å². The SMILES string of the molecule is CN(CC1CC2CCC1C2)C(=O)N1CCCCC1. The summed E-state index contributed by atoms with van der Waals surface area (Å²) in [7, 11) is 2.00. The summed E-state index contributed by atoms with van der Waals surface area (Å²) in [4.78, 5) is 16.4. The normalized spacial score (nSPS) is 34.9. The van der Waals surface area contributed by atoms with E-state index in [-0.39, 0.29) is 6.03 Å². The number of urea groups is 1. The topological polar surface area (TPSA) is 23.6 Å². The van der Waals surface area contributed by atoms with Crippen molar-refractivity contribution in [2.24, 2.45) is 17.8 Å². The number of hydrogen-bond acceptors (Lipinski definition) is 1. The Bertz CT molecular complexity index is 312. The van der Waals surface area contributed by atoms with Gasteiger partial charge in [-0.2, -0.15) is 0 Å².